The van der Waals surface area contributed by atoms with Gasteiger partial charge in [0, 0.05) is 19.0 Å². The van der Waals surface area contributed by atoms with Crippen LogP contribution < -0.4 is 10.0 Å². The van der Waals surface area contributed by atoms with Crippen LogP contribution >= 0.6 is 0 Å². The van der Waals surface area contributed by atoms with E-state index in [1.165, 1.54) is 0 Å². The number of hydrogen-bond acceptors (Lipinski definition) is 3. The number of nitrogens with one attached hydrogen (secondary N) is 2. The third-order valence-corrected chi connectivity index (χ3v) is 5.52. The summed E-state index contributed by atoms with van der Waals surface area (Å²) >= 11 is 0. The molecule has 0 saturated heterocycles. The first kappa shape index (κ1) is 18.4. The highest BCUT2D eigenvalue weighted by atomic mass is 32.2. The molecule has 0 spiro atoms. The lowest BCUT2D eigenvalue weighted by Gasteiger charge is -2.17. The fraction of sp³-hybridized carbons (Fsp3) is 0.389. The van der Waals surface area contributed by atoms with Crippen molar-refractivity contribution in [2.45, 2.75) is 38.1 Å². The van der Waals surface area contributed by atoms with E-state index in [2.05, 4.69) is 10.0 Å². The van der Waals surface area contributed by atoms with E-state index in [-0.39, 0.29) is 29.8 Å². The van der Waals surface area contributed by atoms with Crippen LogP contribution in [-0.2, 0) is 14.8 Å². The second-order valence-corrected chi connectivity index (χ2v) is 8.02. The van der Waals surface area contributed by atoms with Crippen molar-refractivity contribution < 1.29 is 13.2 Å². The molecule has 2 aromatic carbocycles. The normalized spacial score (nSPS) is 13.2. The number of hydrogen-bond donors (Lipinski definition) is 2. The maximum absolute atomic E-state index is 12.3. The predicted octanol–water partition coefficient (Wildman–Crippen LogP) is 2.67. The Morgan fingerprint density at radius 3 is 2.38 bits per heavy atom. The lowest BCUT2D eigenvalue weighted by molar-refractivity contribution is -0.121. The zero-order valence-corrected chi connectivity index (χ0v) is 15.1. The van der Waals surface area contributed by atoms with Crippen LogP contribution in [0.2, 0.25) is 0 Å². The van der Waals surface area contributed by atoms with Crippen molar-refractivity contribution in [3.8, 4) is 0 Å². The monoisotopic (exact) mass is 348 g/mol. The Bertz CT molecular complexity index is 816. The van der Waals surface area contributed by atoms with Crippen molar-refractivity contribution in [3.05, 3.63) is 42.5 Å². The number of carbonyl (C=O) groups excluding carboxylic acids is 1. The molecule has 2 aromatic rings. The van der Waals surface area contributed by atoms with Gasteiger partial charge in [-0.25, -0.2) is 13.1 Å². The fourth-order valence-electron chi connectivity index (χ4n) is 2.21. The molecule has 24 heavy (non-hydrogen) atoms. The summed E-state index contributed by atoms with van der Waals surface area (Å²) in [5.41, 5.74) is 0. The zero-order chi connectivity index (χ0) is 17.7. The van der Waals surface area contributed by atoms with Crippen molar-refractivity contribution in [3.63, 3.8) is 0 Å². The Kier molecular flexibility index (Phi) is 5.96. The molecule has 130 valence electrons. The van der Waals surface area contributed by atoms with Gasteiger partial charge in [-0.05, 0) is 35.7 Å². The molecule has 2 rings (SSSR count). The summed E-state index contributed by atoms with van der Waals surface area (Å²) in [6, 6.07) is 12.6. The first-order valence-electron chi connectivity index (χ1n) is 8.07. The van der Waals surface area contributed by atoms with Crippen molar-refractivity contribution >= 4 is 26.7 Å². The lowest BCUT2D eigenvalue weighted by atomic mass is 10.1. The molecule has 5 nitrogen and oxygen atoms in total. The molecule has 0 aliphatic rings. The highest BCUT2D eigenvalue weighted by molar-refractivity contribution is 7.89. The number of carbonyl (C=O) groups is 1. The fourth-order valence-corrected chi connectivity index (χ4v) is 3.28. The SMILES string of the molecule is CC(C)C(C)NC(=O)CCNS(=O)(=O)c1ccc2ccccc2c1. The smallest absolute Gasteiger partial charge is 0.240 e. The van der Waals surface area contributed by atoms with E-state index < -0.39 is 10.0 Å². The second-order valence-electron chi connectivity index (χ2n) is 6.26. The van der Waals surface area contributed by atoms with Crippen molar-refractivity contribution in [1.82, 2.24) is 10.0 Å². The maximum atomic E-state index is 12.3. The molecule has 0 aliphatic heterocycles. The highest BCUT2D eigenvalue weighted by Gasteiger charge is 2.15. The number of rotatable bonds is 7. The molecule has 0 aromatic heterocycles. The van der Waals surface area contributed by atoms with Gasteiger partial charge >= 0.3 is 0 Å². The molecule has 0 radical (unpaired) electrons. The zero-order valence-electron chi connectivity index (χ0n) is 14.2. The number of sulfonamides is 1. The quantitative estimate of drug-likeness (QED) is 0.808. The van der Waals surface area contributed by atoms with Gasteiger partial charge in [0.2, 0.25) is 15.9 Å². The van der Waals surface area contributed by atoms with Crippen LogP contribution in [0.5, 0.6) is 0 Å². The maximum Gasteiger partial charge on any atom is 0.240 e. The van der Waals surface area contributed by atoms with Gasteiger partial charge in [0.15, 0.2) is 0 Å². The first-order chi connectivity index (χ1) is 11.3. The summed E-state index contributed by atoms with van der Waals surface area (Å²) in [6.45, 7) is 6.05. The Hall–Kier alpha value is -1.92. The third-order valence-electron chi connectivity index (χ3n) is 4.06. The van der Waals surface area contributed by atoms with Crippen LogP contribution in [0.15, 0.2) is 47.4 Å². The van der Waals surface area contributed by atoms with E-state index in [4.69, 9.17) is 0 Å². The van der Waals surface area contributed by atoms with Gasteiger partial charge in [-0.2, -0.15) is 0 Å². The molecule has 0 aliphatic carbocycles. The standard InChI is InChI=1S/C18H24N2O3S/c1-13(2)14(3)20-18(21)10-11-19-24(22,23)17-9-8-15-6-4-5-7-16(15)12-17/h4-9,12-14,19H,10-11H2,1-3H3,(H,20,21). The number of amides is 1. The van der Waals surface area contributed by atoms with Crippen LogP contribution in [0.1, 0.15) is 27.2 Å². The van der Waals surface area contributed by atoms with Gasteiger partial charge in [-0.3, -0.25) is 4.79 Å². The summed E-state index contributed by atoms with van der Waals surface area (Å²) in [5.74, 6) is 0.181. The van der Waals surface area contributed by atoms with Crippen molar-refractivity contribution in [2.75, 3.05) is 6.54 Å². The Balaban J connectivity index is 1.96. The van der Waals surface area contributed by atoms with E-state index in [1.54, 1.807) is 18.2 Å². The van der Waals surface area contributed by atoms with E-state index in [1.807, 2.05) is 45.0 Å². The third kappa shape index (κ3) is 4.79. The topological polar surface area (TPSA) is 75.3 Å². The van der Waals surface area contributed by atoms with Gasteiger partial charge in [0.1, 0.15) is 0 Å². The number of benzene rings is 2. The van der Waals surface area contributed by atoms with Gasteiger partial charge in [-0.15, -0.1) is 0 Å². The molecule has 0 heterocycles. The van der Waals surface area contributed by atoms with Crippen molar-refractivity contribution in [2.24, 2.45) is 5.92 Å². The molecular formula is C18H24N2O3S. The molecule has 1 amide bonds. The lowest BCUT2D eigenvalue weighted by Crippen LogP contribution is -2.38. The number of fused-ring (bicyclic) bond motifs is 1. The minimum atomic E-state index is -3.62. The molecule has 0 bridgehead atoms. The summed E-state index contributed by atoms with van der Waals surface area (Å²) in [7, 11) is -3.62. The summed E-state index contributed by atoms with van der Waals surface area (Å²) in [6.07, 6.45) is 0.115. The van der Waals surface area contributed by atoms with Crippen LogP contribution in [0.4, 0.5) is 0 Å². The summed E-state index contributed by atoms with van der Waals surface area (Å²) in [4.78, 5) is 12.0. The van der Waals surface area contributed by atoms with Crippen LogP contribution in [0.3, 0.4) is 0 Å². The average Bonchev–Trinajstić information content (AvgIpc) is 2.54. The van der Waals surface area contributed by atoms with Crippen molar-refractivity contribution in [1.29, 1.82) is 0 Å². The molecule has 6 heteroatoms. The first-order valence-corrected chi connectivity index (χ1v) is 9.56. The minimum Gasteiger partial charge on any atom is -0.353 e. The second kappa shape index (κ2) is 7.77. The minimum absolute atomic E-state index is 0.0644. The van der Waals surface area contributed by atoms with Crippen LogP contribution in [0, 0.1) is 5.92 Å². The largest absolute Gasteiger partial charge is 0.353 e. The van der Waals surface area contributed by atoms with E-state index in [9.17, 15) is 13.2 Å². The predicted molar refractivity (Wildman–Crippen MR) is 96.2 cm³/mol. The molecule has 1 atom stereocenters. The van der Waals surface area contributed by atoms with Gasteiger partial charge in [0.05, 0.1) is 4.90 Å². The molecular weight excluding hydrogens is 324 g/mol. The highest BCUT2D eigenvalue weighted by Crippen LogP contribution is 2.18. The molecule has 0 fully saturated rings. The average molecular weight is 348 g/mol. The Morgan fingerprint density at radius 1 is 1.04 bits per heavy atom. The molecule has 2 N–H and O–H groups in total. The van der Waals surface area contributed by atoms with Gasteiger partial charge in [-0.1, -0.05) is 44.2 Å². The Morgan fingerprint density at radius 2 is 1.71 bits per heavy atom. The van der Waals surface area contributed by atoms with E-state index >= 15 is 0 Å². The van der Waals surface area contributed by atoms with Crippen LogP contribution in [0.25, 0.3) is 10.8 Å². The molecule has 0 saturated carbocycles. The summed E-state index contributed by atoms with van der Waals surface area (Å²) < 4.78 is 27.2. The van der Waals surface area contributed by atoms with Gasteiger partial charge < -0.3 is 5.32 Å². The van der Waals surface area contributed by atoms with E-state index in [0.717, 1.165) is 10.8 Å². The van der Waals surface area contributed by atoms with Crippen LogP contribution in [-0.4, -0.2) is 26.9 Å². The summed E-state index contributed by atoms with van der Waals surface area (Å²) in [5, 5.41) is 4.71. The Labute approximate surface area is 143 Å². The molecule has 1 unspecified atom stereocenters. The van der Waals surface area contributed by atoms with Gasteiger partial charge in [0.25, 0.3) is 0 Å². The van der Waals surface area contributed by atoms with E-state index in [0.29, 0.717) is 5.92 Å².